The lowest BCUT2D eigenvalue weighted by Gasteiger charge is -2.40. The fourth-order valence-corrected chi connectivity index (χ4v) is 2.41. The van der Waals surface area contributed by atoms with E-state index in [0.29, 0.717) is 6.54 Å². The average Bonchev–Trinajstić information content (AvgIpc) is 2.52. The van der Waals surface area contributed by atoms with Gasteiger partial charge in [0, 0.05) is 26.1 Å². The van der Waals surface area contributed by atoms with Crippen molar-refractivity contribution < 1.29 is 23.9 Å². The standard InChI is InChI=1S/C15H26N4O5/c1-9(2)16-15(23)19-7-6-18(11(4)20)8-12(19)13(21)17-10(3)14(22)24-5/h9-10,12H,6-8H2,1-5H3,(H,16,23)(H,17,21)/t10-,12-/m1/s1. The number of hydrogen-bond donors (Lipinski definition) is 2. The van der Waals surface area contributed by atoms with E-state index in [1.807, 2.05) is 13.8 Å². The molecule has 0 aromatic heterocycles. The van der Waals surface area contributed by atoms with Gasteiger partial charge in [-0.1, -0.05) is 0 Å². The highest BCUT2D eigenvalue weighted by Gasteiger charge is 2.37. The molecule has 0 aromatic rings. The molecule has 24 heavy (non-hydrogen) atoms. The molecule has 1 rings (SSSR count). The summed E-state index contributed by atoms with van der Waals surface area (Å²) in [4.78, 5) is 50.8. The average molecular weight is 342 g/mol. The van der Waals surface area contributed by atoms with Crippen molar-refractivity contribution in [2.45, 2.75) is 45.8 Å². The van der Waals surface area contributed by atoms with Gasteiger partial charge in [-0.05, 0) is 20.8 Å². The Morgan fingerprint density at radius 3 is 2.21 bits per heavy atom. The summed E-state index contributed by atoms with van der Waals surface area (Å²) in [5.74, 6) is -1.25. The maximum absolute atomic E-state index is 12.5. The topological polar surface area (TPSA) is 108 Å². The van der Waals surface area contributed by atoms with Crippen LogP contribution in [0.2, 0.25) is 0 Å². The van der Waals surface area contributed by atoms with E-state index >= 15 is 0 Å². The number of rotatable bonds is 4. The molecule has 0 bridgehead atoms. The Morgan fingerprint density at radius 1 is 1.08 bits per heavy atom. The fraction of sp³-hybridized carbons (Fsp3) is 0.733. The Bertz CT molecular complexity index is 508. The lowest BCUT2D eigenvalue weighted by molar-refractivity contribution is -0.146. The lowest BCUT2D eigenvalue weighted by Crippen LogP contribution is -2.64. The molecular weight excluding hydrogens is 316 g/mol. The molecular formula is C15H26N4O5. The molecule has 1 aliphatic rings. The predicted molar refractivity (Wildman–Crippen MR) is 86.0 cm³/mol. The van der Waals surface area contributed by atoms with Gasteiger partial charge < -0.3 is 25.2 Å². The van der Waals surface area contributed by atoms with Gasteiger partial charge >= 0.3 is 12.0 Å². The molecule has 9 nitrogen and oxygen atoms in total. The van der Waals surface area contributed by atoms with Crippen molar-refractivity contribution in [1.82, 2.24) is 20.4 Å². The zero-order chi connectivity index (χ0) is 18.4. The van der Waals surface area contributed by atoms with Gasteiger partial charge in [0.25, 0.3) is 0 Å². The number of ether oxygens (including phenoxy) is 1. The quantitative estimate of drug-likeness (QED) is 0.658. The number of esters is 1. The smallest absolute Gasteiger partial charge is 0.328 e. The Labute approximate surface area is 141 Å². The summed E-state index contributed by atoms with van der Waals surface area (Å²) in [5.41, 5.74) is 0. The van der Waals surface area contributed by atoms with E-state index in [-0.39, 0.29) is 31.1 Å². The Balaban J connectivity index is 2.90. The molecule has 1 heterocycles. The summed E-state index contributed by atoms with van der Waals surface area (Å²) in [5, 5.41) is 5.27. The molecule has 0 saturated carbocycles. The van der Waals surface area contributed by atoms with Crippen molar-refractivity contribution in [3.05, 3.63) is 0 Å². The number of nitrogens with one attached hydrogen (secondary N) is 2. The van der Waals surface area contributed by atoms with E-state index in [1.165, 1.54) is 30.8 Å². The van der Waals surface area contributed by atoms with Crippen LogP contribution in [0.1, 0.15) is 27.7 Å². The molecule has 136 valence electrons. The van der Waals surface area contributed by atoms with E-state index in [1.54, 1.807) is 0 Å². The first-order chi connectivity index (χ1) is 11.2. The summed E-state index contributed by atoms with van der Waals surface area (Å²) in [7, 11) is 1.23. The zero-order valence-electron chi connectivity index (χ0n) is 14.8. The molecule has 2 N–H and O–H groups in total. The Morgan fingerprint density at radius 2 is 1.71 bits per heavy atom. The molecule has 1 fully saturated rings. The highest BCUT2D eigenvalue weighted by Crippen LogP contribution is 2.12. The van der Waals surface area contributed by atoms with Gasteiger partial charge in [-0.15, -0.1) is 0 Å². The summed E-state index contributed by atoms with van der Waals surface area (Å²) >= 11 is 0. The van der Waals surface area contributed by atoms with Crippen LogP contribution in [0.5, 0.6) is 0 Å². The van der Waals surface area contributed by atoms with Crippen molar-refractivity contribution in [2.24, 2.45) is 0 Å². The van der Waals surface area contributed by atoms with Crippen molar-refractivity contribution >= 4 is 23.8 Å². The maximum Gasteiger partial charge on any atom is 0.328 e. The first-order valence-corrected chi connectivity index (χ1v) is 7.88. The second-order valence-electron chi connectivity index (χ2n) is 6.03. The van der Waals surface area contributed by atoms with Gasteiger partial charge in [-0.2, -0.15) is 0 Å². The molecule has 1 saturated heterocycles. The second kappa shape index (κ2) is 8.51. The summed E-state index contributed by atoms with van der Waals surface area (Å²) < 4.78 is 4.58. The third-order valence-corrected chi connectivity index (χ3v) is 3.71. The molecule has 0 radical (unpaired) electrons. The minimum Gasteiger partial charge on any atom is -0.467 e. The molecule has 4 amide bonds. The Kier molecular flexibility index (Phi) is 6.99. The van der Waals surface area contributed by atoms with Crippen molar-refractivity contribution in [1.29, 1.82) is 0 Å². The van der Waals surface area contributed by atoms with Gasteiger partial charge in [0.1, 0.15) is 12.1 Å². The number of carbonyl (C=O) groups is 4. The SMILES string of the molecule is COC(=O)[C@@H](C)NC(=O)[C@H]1CN(C(C)=O)CCN1C(=O)NC(C)C. The number of methoxy groups -OCH3 is 1. The largest absolute Gasteiger partial charge is 0.467 e. The summed E-state index contributed by atoms with van der Waals surface area (Å²) in [6.45, 7) is 7.22. The van der Waals surface area contributed by atoms with Crippen LogP contribution in [0.4, 0.5) is 4.79 Å². The van der Waals surface area contributed by atoms with Gasteiger partial charge in [-0.3, -0.25) is 9.59 Å². The predicted octanol–water partition coefficient (Wildman–Crippen LogP) is -0.685. The number of nitrogens with zero attached hydrogens (tertiary/aromatic N) is 2. The van der Waals surface area contributed by atoms with Gasteiger partial charge in [0.05, 0.1) is 13.7 Å². The summed E-state index contributed by atoms with van der Waals surface area (Å²) in [6, 6.07) is -2.17. The van der Waals surface area contributed by atoms with E-state index < -0.39 is 24.0 Å². The lowest BCUT2D eigenvalue weighted by atomic mass is 10.1. The van der Waals surface area contributed by atoms with E-state index in [9.17, 15) is 19.2 Å². The maximum atomic E-state index is 12.5. The molecule has 0 spiro atoms. The summed E-state index contributed by atoms with van der Waals surface area (Å²) in [6.07, 6.45) is 0. The molecule has 1 aliphatic heterocycles. The van der Waals surface area contributed by atoms with Crippen LogP contribution in [-0.4, -0.2) is 78.5 Å². The molecule has 0 aromatic carbocycles. The van der Waals surface area contributed by atoms with Crippen LogP contribution in [0, 0.1) is 0 Å². The van der Waals surface area contributed by atoms with Crippen molar-refractivity contribution in [2.75, 3.05) is 26.7 Å². The Hall–Kier alpha value is -2.32. The minimum atomic E-state index is -0.867. The second-order valence-corrected chi connectivity index (χ2v) is 6.03. The molecule has 9 heteroatoms. The van der Waals surface area contributed by atoms with Crippen LogP contribution < -0.4 is 10.6 Å². The highest BCUT2D eigenvalue weighted by molar-refractivity contribution is 5.91. The number of urea groups is 1. The zero-order valence-corrected chi connectivity index (χ0v) is 14.8. The van der Waals surface area contributed by atoms with Crippen LogP contribution in [0.25, 0.3) is 0 Å². The van der Waals surface area contributed by atoms with Gasteiger partial charge in [0.2, 0.25) is 11.8 Å². The van der Waals surface area contributed by atoms with Crippen LogP contribution in [0.15, 0.2) is 0 Å². The third kappa shape index (κ3) is 5.10. The van der Waals surface area contributed by atoms with E-state index in [0.717, 1.165) is 0 Å². The molecule has 2 atom stereocenters. The highest BCUT2D eigenvalue weighted by atomic mass is 16.5. The van der Waals surface area contributed by atoms with Gasteiger partial charge in [0.15, 0.2) is 0 Å². The minimum absolute atomic E-state index is 0.0824. The van der Waals surface area contributed by atoms with Crippen molar-refractivity contribution in [3.63, 3.8) is 0 Å². The van der Waals surface area contributed by atoms with Crippen molar-refractivity contribution in [3.8, 4) is 0 Å². The van der Waals surface area contributed by atoms with E-state index in [2.05, 4.69) is 15.4 Å². The van der Waals surface area contributed by atoms with E-state index in [4.69, 9.17) is 0 Å². The number of amides is 4. The first kappa shape index (κ1) is 19.7. The van der Waals surface area contributed by atoms with Crippen LogP contribution in [0.3, 0.4) is 0 Å². The number of hydrogen-bond acceptors (Lipinski definition) is 5. The number of piperazine rings is 1. The van der Waals surface area contributed by atoms with Gasteiger partial charge in [-0.25, -0.2) is 9.59 Å². The van der Waals surface area contributed by atoms with Crippen LogP contribution >= 0.6 is 0 Å². The third-order valence-electron chi connectivity index (χ3n) is 3.71. The van der Waals surface area contributed by atoms with Crippen LogP contribution in [-0.2, 0) is 19.1 Å². The normalized spacial score (nSPS) is 18.8. The fourth-order valence-electron chi connectivity index (χ4n) is 2.41. The first-order valence-electron chi connectivity index (χ1n) is 7.88. The molecule has 0 unspecified atom stereocenters. The monoisotopic (exact) mass is 342 g/mol. The number of carbonyl (C=O) groups excluding carboxylic acids is 4. The molecule has 0 aliphatic carbocycles.